The number of carbonyl (C=O) groups is 1. The molecule has 0 aliphatic heterocycles. The zero-order valence-corrected chi connectivity index (χ0v) is 17.5. The molecule has 2 N–H and O–H groups in total. The largest absolute Gasteiger partial charge is 0.411 e. The highest BCUT2D eigenvalue weighted by Crippen LogP contribution is 2.28. The van der Waals surface area contributed by atoms with Crippen molar-refractivity contribution in [1.82, 2.24) is 25.1 Å². The normalized spacial score (nSPS) is 13.0. The molecular weight excluding hydrogens is 451 g/mol. The van der Waals surface area contributed by atoms with Crippen molar-refractivity contribution in [3.05, 3.63) is 70.0 Å². The van der Waals surface area contributed by atoms with E-state index < -0.39 is 34.8 Å². The van der Waals surface area contributed by atoms with Crippen molar-refractivity contribution in [3.63, 3.8) is 0 Å². The minimum absolute atomic E-state index is 0.0947. The molecule has 0 saturated heterocycles. The Morgan fingerprint density at radius 2 is 1.75 bits per heavy atom. The van der Waals surface area contributed by atoms with E-state index in [2.05, 4.69) is 15.1 Å². The lowest BCUT2D eigenvalue weighted by atomic mass is 9.98. The van der Waals surface area contributed by atoms with Crippen molar-refractivity contribution in [3.8, 4) is 16.9 Å². The van der Waals surface area contributed by atoms with Crippen LogP contribution in [0.2, 0.25) is 5.02 Å². The van der Waals surface area contributed by atoms with Crippen LogP contribution in [0.4, 0.5) is 13.2 Å². The summed E-state index contributed by atoms with van der Waals surface area (Å²) >= 11 is 5.89. The minimum Gasteiger partial charge on any atom is -0.388 e. The van der Waals surface area contributed by atoms with Crippen molar-refractivity contribution in [2.75, 3.05) is 0 Å². The molecule has 0 saturated carbocycles. The predicted octanol–water partition coefficient (Wildman–Crippen LogP) is 2.77. The highest BCUT2D eigenvalue weighted by atomic mass is 35.5. The highest BCUT2D eigenvalue weighted by molar-refractivity contribution is 6.30. The van der Waals surface area contributed by atoms with Crippen LogP contribution >= 0.6 is 11.6 Å². The van der Waals surface area contributed by atoms with E-state index in [0.29, 0.717) is 10.6 Å². The molecule has 32 heavy (non-hydrogen) atoms. The maximum atomic E-state index is 13.4. The Labute approximate surface area is 184 Å². The fourth-order valence-electron chi connectivity index (χ4n) is 2.86. The van der Waals surface area contributed by atoms with Gasteiger partial charge in [-0.1, -0.05) is 23.7 Å². The highest BCUT2D eigenvalue weighted by Gasteiger charge is 2.49. The predicted molar refractivity (Wildman–Crippen MR) is 109 cm³/mol. The van der Waals surface area contributed by atoms with Gasteiger partial charge in [0.25, 0.3) is 11.5 Å². The summed E-state index contributed by atoms with van der Waals surface area (Å²) in [4.78, 5) is 33.3. The van der Waals surface area contributed by atoms with E-state index in [0.717, 1.165) is 24.6 Å². The first-order chi connectivity index (χ1) is 14.9. The van der Waals surface area contributed by atoms with Crippen molar-refractivity contribution in [2.45, 2.75) is 31.7 Å². The van der Waals surface area contributed by atoms with E-state index >= 15 is 0 Å². The van der Waals surface area contributed by atoms with E-state index in [4.69, 9.17) is 11.6 Å². The zero-order valence-electron chi connectivity index (χ0n) is 16.8. The average molecular weight is 468 g/mol. The summed E-state index contributed by atoms with van der Waals surface area (Å²) in [5, 5.41) is 16.2. The molecule has 0 radical (unpaired) electrons. The van der Waals surface area contributed by atoms with Crippen LogP contribution in [0.15, 0.2) is 53.8 Å². The summed E-state index contributed by atoms with van der Waals surface area (Å²) in [6.45, 7) is 1.80. The minimum atomic E-state index is -4.97. The van der Waals surface area contributed by atoms with Gasteiger partial charge in [0.1, 0.15) is 17.6 Å². The van der Waals surface area contributed by atoms with Crippen LogP contribution in [0.5, 0.6) is 0 Å². The first-order valence-corrected chi connectivity index (χ1v) is 9.51. The fourth-order valence-corrected chi connectivity index (χ4v) is 2.99. The van der Waals surface area contributed by atoms with Crippen LogP contribution in [-0.4, -0.2) is 48.6 Å². The zero-order chi connectivity index (χ0) is 23.7. The smallest absolute Gasteiger partial charge is 0.388 e. The van der Waals surface area contributed by atoms with Gasteiger partial charge in [0.2, 0.25) is 0 Å². The Kier molecular flexibility index (Phi) is 6.33. The van der Waals surface area contributed by atoms with Crippen LogP contribution in [0.1, 0.15) is 24.2 Å². The second-order valence-electron chi connectivity index (χ2n) is 7.37. The number of benzene rings is 1. The molecule has 0 bridgehead atoms. The first kappa shape index (κ1) is 23.4. The molecule has 1 amide bonds. The van der Waals surface area contributed by atoms with Gasteiger partial charge in [0, 0.05) is 10.6 Å². The number of alkyl halides is 3. The lowest BCUT2D eigenvalue weighted by molar-refractivity contribution is -0.192. The number of rotatable bonds is 5. The summed E-state index contributed by atoms with van der Waals surface area (Å²) in [5.74, 6) is -1.33. The van der Waals surface area contributed by atoms with Gasteiger partial charge in [0.05, 0.1) is 23.7 Å². The van der Waals surface area contributed by atoms with Crippen molar-refractivity contribution in [2.24, 2.45) is 0 Å². The summed E-state index contributed by atoms with van der Waals surface area (Å²) in [6.07, 6.45) is -1.25. The summed E-state index contributed by atoms with van der Waals surface area (Å²) in [6, 6.07) is 4.68. The molecule has 1 aromatic carbocycles. The summed E-state index contributed by atoms with van der Waals surface area (Å²) < 4.78 is 41.1. The number of hydrogen-bond acceptors (Lipinski definition) is 6. The molecule has 3 aromatic rings. The Morgan fingerprint density at radius 3 is 2.28 bits per heavy atom. The van der Waals surface area contributed by atoms with E-state index in [-0.39, 0.29) is 11.4 Å². The van der Waals surface area contributed by atoms with Gasteiger partial charge >= 0.3 is 6.18 Å². The molecule has 8 nitrogen and oxygen atoms in total. The molecule has 3 rings (SSSR count). The lowest BCUT2D eigenvalue weighted by Gasteiger charge is -2.31. The van der Waals surface area contributed by atoms with Crippen LogP contribution in [0.25, 0.3) is 16.9 Å². The molecule has 2 heterocycles. The molecule has 0 aliphatic carbocycles. The number of aliphatic hydroxyl groups is 1. The van der Waals surface area contributed by atoms with Crippen molar-refractivity contribution in [1.29, 1.82) is 0 Å². The van der Waals surface area contributed by atoms with E-state index in [9.17, 15) is 27.9 Å². The maximum Gasteiger partial charge on any atom is 0.411 e. The van der Waals surface area contributed by atoms with Crippen LogP contribution in [0.3, 0.4) is 0 Å². The van der Waals surface area contributed by atoms with Crippen LogP contribution < -0.4 is 10.9 Å². The van der Waals surface area contributed by atoms with Gasteiger partial charge in [-0.25, -0.2) is 9.97 Å². The van der Waals surface area contributed by atoms with E-state index in [1.54, 1.807) is 29.6 Å². The molecule has 12 heteroatoms. The lowest BCUT2D eigenvalue weighted by Crippen LogP contribution is -2.58. The average Bonchev–Trinajstić information content (AvgIpc) is 2.71. The monoisotopic (exact) mass is 467 g/mol. The number of carbonyl (C=O) groups excluding carboxylic acids is 1. The quantitative estimate of drug-likeness (QED) is 0.597. The maximum absolute atomic E-state index is 13.4. The van der Waals surface area contributed by atoms with E-state index in [1.807, 2.05) is 0 Å². The molecule has 0 aliphatic rings. The molecule has 1 atom stereocenters. The molecule has 0 unspecified atom stereocenters. The van der Waals surface area contributed by atoms with Gasteiger partial charge in [0.15, 0.2) is 6.04 Å². The second kappa shape index (κ2) is 8.67. The Morgan fingerprint density at radius 1 is 1.16 bits per heavy atom. The Bertz CT molecular complexity index is 1160. The van der Waals surface area contributed by atoms with Crippen LogP contribution in [-0.2, 0) is 0 Å². The third-order valence-electron chi connectivity index (χ3n) is 4.40. The van der Waals surface area contributed by atoms with Gasteiger partial charge in [-0.2, -0.15) is 23.0 Å². The fraction of sp³-hybridized carbons (Fsp3) is 0.250. The van der Waals surface area contributed by atoms with Gasteiger partial charge in [-0.3, -0.25) is 9.59 Å². The number of halogens is 4. The number of nitrogens with zero attached hydrogens (tertiary/aromatic N) is 4. The van der Waals surface area contributed by atoms with Gasteiger partial charge < -0.3 is 10.4 Å². The van der Waals surface area contributed by atoms with Gasteiger partial charge in [-0.05, 0) is 32.0 Å². The van der Waals surface area contributed by atoms with E-state index in [1.165, 1.54) is 18.7 Å². The Hall–Kier alpha value is -3.31. The van der Waals surface area contributed by atoms with Crippen molar-refractivity contribution < 1.29 is 23.1 Å². The molecular formula is C20H17ClF3N5O3. The first-order valence-electron chi connectivity index (χ1n) is 9.13. The molecule has 0 spiro atoms. The Balaban J connectivity index is 2.16. The standard InChI is InChI=1S/C20H17ClF3N5O3/c1-19(2,32)18(20(22,23)24)27-16(30)14-7-15(11-3-5-12(21)6-4-11)28-29(17(14)31)13-8-25-10-26-9-13/h3-10,18,32H,1-2H3,(H,27,30)/t18-/m1/s1. The number of nitrogens with one attached hydrogen (secondary N) is 1. The third-order valence-corrected chi connectivity index (χ3v) is 4.65. The molecule has 168 valence electrons. The summed E-state index contributed by atoms with van der Waals surface area (Å²) in [5.41, 5.74) is -3.30. The number of aromatic nitrogens is 4. The number of amides is 1. The molecule has 2 aromatic heterocycles. The second-order valence-corrected chi connectivity index (χ2v) is 7.80. The van der Waals surface area contributed by atoms with Crippen LogP contribution in [0, 0.1) is 0 Å². The number of hydrogen-bond donors (Lipinski definition) is 2. The molecule has 0 fully saturated rings. The summed E-state index contributed by atoms with van der Waals surface area (Å²) in [7, 11) is 0. The topological polar surface area (TPSA) is 110 Å². The van der Waals surface area contributed by atoms with Gasteiger partial charge in [-0.15, -0.1) is 0 Å². The third kappa shape index (κ3) is 5.11. The SMILES string of the molecule is CC(C)(O)[C@@H](NC(=O)c1cc(-c2ccc(Cl)cc2)nn(-c2cncnc2)c1=O)C(F)(F)F. The van der Waals surface area contributed by atoms with Crippen molar-refractivity contribution >= 4 is 17.5 Å².